The van der Waals surface area contributed by atoms with Crippen molar-refractivity contribution < 1.29 is 14.3 Å². The molecule has 2 fully saturated rings. The Balaban J connectivity index is 1.18. The van der Waals surface area contributed by atoms with Crippen LogP contribution >= 0.6 is 11.6 Å². The minimum absolute atomic E-state index is 0.0732. The van der Waals surface area contributed by atoms with E-state index < -0.39 is 17.4 Å². The Labute approximate surface area is 190 Å². The maximum atomic E-state index is 13.4. The van der Waals surface area contributed by atoms with Gasteiger partial charge in [0, 0.05) is 34.4 Å². The van der Waals surface area contributed by atoms with Gasteiger partial charge >= 0.3 is 0 Å². The molecule has 1 spiro atoms. The molecule has 0 unspecified atom stereocenters. The molecule has 3 aromatic rings. The number of halogens is 1. The maximum Gasteiger partial charge on any atom is 0.234 e. The Kier molecular flexibility index (Phi) is 4.42. The Morgan fingerprint density at radius 2 is 2.03 bits per heavy atom. The summed E-state index contributed by atoms with van der Waals surface area (Å²) in [5, 5.41) is 4.83. The monoisotopic (exact) mass is 447 g/mol. The highest BCUT2D eigenvalue weighted by Gasteiger charge is 2.67. The van der Waals surface area contributed by atoms with Crippen molar-refractivity contribution in [2.45, 2.75) is 18.1 Å². The van der Waals surface area contributed by atoms with Crippen molar-refractivity contribution in [1.29, 1.82) is 0 Å². The molecule has 2 aromatic carbocycles. The summed E-state index contributed by atoms with van der Waals surface area (Å²) in [5.41, 5.74) is 2.27. The van der Waals surface area contributed by atoms with Gasteiger partial charge in [-0.2, -0.15) is 0 Å². The molecule has 1 aromatic heterocycles. The second kappa shape index (κ2) is 7.22. The van der Waals surface area contributed by atoms with Gasteiger partial charge in [-0.1, -0.05) is 42.0 Å². The number of ether oxygens (including phenoxy) is 1. The maximum absolute atomic E-state index is 13.4. The molecule has 2 amide bonds. The quantitative estimate of drug-likeness (QED) is 0.588. The number of nitrogens with one attached hydrogen (secondary N) is 2. The number of rotatable bonds is 5. The number of fused-ring (bicyclic) bond motifs is 2. The lowest BCUT2D eigenvalue weighted by atomic mass is 9.77. The van der Waals surface area contributed by atoms with Gasteiger partial charge in [-0.05, 0) is 42.3 Å². The van der Waals surface area contributed by atoms with Crippen LogP contribution in [0.4, 0.5) is 5.69 Å². The van der Waals surface area contributed by atoms with Crippen molar-refractivity contribution >= 4 is 40.0 Å². The molecule has 4 atom stereocenters. The van der Waals surface area contributed by atoms with Crippen LogP contribution in [-0.2, 0) is 20.7 Å². The summed E-state index contributed by atoms with van der Waals surface area (Å²) in [4.78, 5) is 31.5. The first kappa shape index (κ1) is 19.6. The molecule has 32 heavy (non-hydrogen) atoms. The fraction of sp³-hybridized carbons (Fsp3) is 0.280. The minimum Gasteiger partial charge on any atom is -0.361 e. The zero-order valence-corrected chi connectivity index (χ0v) is 18.0. The van der Waals surface area contributed by atoms with Crippen LogP contribution in [0.1, 0.15) is 5.56 Å². The van der Waals surface area contributed by atoms with E-state index in [4.69, 9.17) is 16.3 Å². The summed E-state index contributed by atoms with van der Waals surface area (Å²) >= 11 is 6.00. The summed E-state index contributed by atoms with van der Waals surface area (Å²) in [7, 11) is 0. The first-order valence-electron chi connectivity index (χ1n) is 10.8. The highest BCUT2D eigenvalue weighted by atomic mass is 35.5. The molecule has 4 heterocycles. The number of H-pyrrole nitrogens is 1. The van der Waals surface area contributed by atoms with Crippen molar-refractivity contribution in [1.82, 2.24) is 10.3 Å². The first-order valence-corrected chi connectivity index (χ1v) is 11.2. The normalized spacial score (nSPS) is 28.0. The zero-order chi connectivity index (χ0) is 21.9. The number of anilines is 1. The van der Waals surface area contributed by atoms with Gasteiger partial charge < -0.3 is 19.9 Å². The predicted molar refractivity (Wildman–Crippen MR) is 123 cm³/mol. The zero-order valence-electron chi connectivity index (χ0n) is 17.3. The van der Waals surface area contributed by atoms with E-state index in [0.717, 1.165) is 22.2 Å². The minimum atomic E-state index is -0.736. The number of nitrogens with zero attached hydrogens (tertiary/aromatic N) is 1. The lowest BCUT2D eigenvalue weighted by Gasteiger charge is -2.23. The fourth-order valence-electron chi connectivity index (χ4n) is 5.41. The number of carbonyl (C=O) groups excluding carboxylic acids is 2. The molecular formula is C25H22ClN3O3. The molecular weight excluding hydrogens is 426 g/mol. The van der Waals surface area contributed by atoms with Gasteiger partial charge in [-0.3, -0.25) is 9.59 Å². The van der Waals surface area contributed by atoms with Crippen LogP contribution in [0.3, 0.4) is 0 Å². The van der Waals surface area contributed by atoms with Crippen molar-refractivity contribution in [2.75, 3.05) is 18.0 Å². The molecule has 6 nitrogen and oxygen atoms in total. The molecule has 162 valence electrons. The van der Waals surface area contributed by atoms with Crippen LogP contribution in [0, 0.1) is 11.8 Å². The second-order valence-electron chi connectivity index (χ2n) is 8.70. The molecule has 6 rings (SSSR count). The van der Waals surface area contributed by atoms with Crippen LogP contribution in [0.5, 0.6) is 0 Å². The van der Waals surface area contributed by atoms with Gasteiger partial charge in [0.05, 0.1) is 24.5 Å². The number of benzene rings is 2. The number of amides is 2. The van der Waals surface area contributed by atoms with Crippen LogP contribution in [-0.4, -0.2) is 41.6 Å². The van der Waals surface area contributed by atoms with Gasteiger partial charge in [-0.15, -0.1) is 0 Å². The van der Waals surface area contributed by atoms with E-state index in [1.165, 1.54) is 0 Å². The van der Waals surface area contributed by atoms with E-state index in [0.29, 0.717) is 24.5 Å². The molecule has 0 aliphatic carbocycles. The highest BCUT2D eigenvalue weighted by Crippen LogP contribution is 2.52. The Morgan fingerprint density at radius 1 is 1.22 bits per heavy atom. The van der Waals surface area contributed by atoms with Crippen LogP contribution < -0.4 is 10.2 Å². The van der Waals surface area contributed by atoms with Gasteiger partial charge in [0.2, 0.25) is 11.8 Å². The number of para-hydroxylation sites is 1. The Morgan fingerprint density at radius 3 is 2.88 bits per heavy atom. The number of hydrogen-bond donors (Lipinski definition) is 2. The van der Waals surface area contributed by atoms with Gasteiger partial charge in [0.1, 0.15) is 5.60 Å². The average molecular weight is 448 g/mol. The molecule has 3 aliphatic rings. The number of aromatic nitrogens is 1. The molecule has 7 heteroatoms. The van der Waals surface area contributed by atoms with Gasteiger partial charge in [0.25, 0.3) is 0 Å². The fourth-order valence-corrected chi connectivity index (χ4v) is 5.54. The summed E-state index contributed by atoms with van der Waals surface area (Å²) in [5.74, 6) is -1.23. The average Bonchev–Trinajstić information content (AvgIpc) is 3.54. The van der Waals surface area contributed by atoms with Crippen LogP contribution in [0.15, 0.2) is 66.9 Å². The topological polar surface area (TPSA) is 74.4 Å². The summed E-state index contributed by atoms with van der Waals surface area (Å²) in [6, 6.07) is 15.3. The lowest BCUT2D eigenvalue weighted by molar-refractivity contribution is -0.131. The number of hydrogen-bond acceptors (Lipinski definition) is 3. The van der Waals surface area contributed by atoms with Crippen LogP contribution in [0.2, 0.25) is 5.02 Å². The van der Waals surface area contributed by atoms with E-state index in [2.05, 4.69) is 16.4 Å². The molecule has 2 bridgehead atoms. The Hall–Kier alpha value is -3.09. The molecule has 2 saturated heterocycles. The van der Waals surface area contributed by atoms with E-state index in [1.807, 2.05) is 48.7 Å². The van der Waals surface area contributed by atoms with Crippen molar-refractivity contribution in [3.8, 4) is 0 Å². The number of carbonyl (C=O) groups is 2. The van der Waals surface area contributed by atoms with E-state index >= 15 is 0 Å². The van der Waals surface area contributed by atoms with E-state index in [9.17, 15) is 9.59 Å². The standard InChI is InChI=1S/C25H22ClN3O3/c26-16-5-7-17(8-6-16)29-14-25-11-9-20(32-25)21(22(25)24(29)31)23(30)27-12-10-15-13-28-19-4-2-1-3-18(15)19/h1-9,11,13,20-22,28H,10,12,14H2,(H,27,30)/t20-,21+,22-,25+/m0/s1. The second-order valence-corrected chi connectivity index (χ2v) is 9.14. The molecule has 0 radical (unpaired) electrons. The predicted octanol–water partition coefficient (Wildman–Crippen LogP) is 3.47. The summed E-state index contributed by atoms with van der Waals surface area (Å²) in [6.45, 7) is 0.909. The molecule has 2 N–H and O–H groups in total. The van der Waals surface area contributed by atoms with Gasteiger partial charge in [-0.25, -0.2) is 0 Å². The highest BCUT2D eigenvalue weighted by molar-refractivity contribution is 6.30. The third kappa shape index (κ3) is 2.90. The van der Waals surface area contributed by atoms with Gasteiger partial charge in [0.15, 0.2) is 0 Å². The third-order valence-corrected chi connectivity index (χ3v) is 7.16. The molecule has 3 aliphatic heterocycles. The molecule has 0 saturated carbocycles. The van der Waals surface area contributed by atoms with E-state index in [-0.39, 0.29) is 17.9 Å². The first-order chi connectivity index (χ1) is 15.6. The largest absolute Gasteiger partial charge is 0.361 e. The third-order valence-electron chi connectivity index (χ3n) is 6.91. The van der Waals surface area contributed by atoms with E-state index in [1.54, 1.807) is 17.0 Å². The smallest absolute Gasteiger partial charge is 0.234 e. The SMILES string of the molecule is O=C(NCCc1c[nH]c2ccccc12)[C@@H]1[C@@H]2C=C[C@]3(CN(c4ccc(Cl)cc4)C(=O)[C@H]13)O2. The Bertz CT molecular complexity index is 1250. The van der Waals surface area contributed by atoms with Crippen LogP contribution in [0.25, 0.3) is 10.9 Å². The van der Waals surface area contributed by atoms with Crippen molar-refractivity contribution in [3.63, 3.8) is 0 Å². The number of aromatic amines is 1. The summed E-state index contributed by atoms with van der Waals surface area (Å²) < 4.78 is 6.21. The summed E-state index contributed by atoms with van der Waals surface area (Å²) in [6.07, 6.45) is 6.24. The lowest BCUT2D eigenvalue weighted by Crippen LogP contribution is -2.44. The van der Waals surface area contributed by atoms with Crippen molar-refractivity contribution in [2.24, 2.45) is 11.8 Å². The van der Waals surface area contributed by atoms with Crippen molar-refractivity contribution in [3.05, 3.63) is 77.5 Å².